The third-order valence-corrected chi connectivity index (χ3v) is 4.19. The molecule has 1 aliphatic rings. The van der Waals surface area contributed by atoms with Gasteiger partial charge in [0, 0.05) is 11.4 Å². The van der Waals surface area contributed by atoms with Crippen LogP contribution in [0.25, 0.3) is 0 Å². The van der Waals surface area contributed by atoms with Crippen molar-refractivity contribution in [2.45, 2.75) is 50.3 Å². The maximum Gasteiger partial charge on any atom is 0.129 e. The van der Waals surface area contributed by atoms with Gasteiger partial charge in [-0.15, -0.1) is 11.6 Å². The first-order valence-corrected chi connectivity index (χ1v) is 7.17. The Balaban J connectivity index is 1.80. The molecule has 1 atom stereocenters. The van der Waals surface area contributed by atoms with Gasteiger partial charge in [-0.2, -0.15) is 0 Å². The minimum absolute atomic E-state index is 0.0504. The smallest absolute Gasteiger partial charge is 0.129 e. The van der Waals surface area contributed by atoms with Crippen molar-refractivity contribution in [1.82, 2.24) is 0 Å². The van der Waals surface area contributed by atoms with Crippen LogP contribution in [-0.2, 0) is 6.42 Å². The molecule has 0 saturated heterocycles. The van der Waals surface area contributed by atoms with Gasteiger partial charge in [-0.3, -0.25) is 0 Å². The Kier molecular flexibility index (Phi) is 4.99. The second-order valence-electron chi connectivity index (χ2n) is 5.26. The van der Waals surface area contributed by atoms with Gasteiger partial charge in [0.2, 0.25) is 0 Å². The molecule has 1 aliphatic carbocycles. The zero-order valence-corrected chi connectivity index (χ0v) is 11.2. The van der Waals surface area contributed by atoms with Crippen LogP contribution in [0.5, 0.6) is 0 Å². The minimum Gasteiger partial charge on any atom is -0.207 e. The number of benzene rings is 1. The molecule has 1 aromatic rings. The van der Waals surface area contributed by atoms with Crippen LogP contribution in [0.1, 0.15) is 44.1 Å². The van der Waals surface area contributed by atoms with E-state index >= 15 is 0 Å². The molecular weight excluding hydrogens is 254 g/mol. The molecule has 0 heterocycles. The Morgan fingerprint density at radius 1 is 1.22 bits per heavy atom. The Hall–Kier alpha value is -0.630. The van der Waals surface area contributed by atoms with Gasteiger partial charge in [-0.25, -0.2) is 8.78 Å². The van der Waals surface area contributed by atoms with E-state index in [1.807, 2.05) is 0 Å². The Morgan fingerprint density at radius 2 is 1.94 bits per heavy atom. The van der Waals surface area contributed by atoms with E-state index in [0.29, 0.717) is 12.0 Å². The van der Waals surface area contributed by atoms with Crippen LogP contribution in [0.3, 0.4) is 0 Å². The lowest BCUT2D eigenvalue weighted by Gasteiger charge is -2.13. The third kappa shape index (κ3) is 3.94. The summed E-state index contributed by atoms with van der Waals surface area (Å²) in [5.41, 5.74) is 0.517. The topological polar surface area (TPSA) is 0 Å². The molecule has 3 heteroatoms. The van der Waals surface area contributed by atoms with E-state index in [9.17, 15) is 8.78 Å². The molecule has 1 aromatic carbocycles. The van der Waals surface area contributed by atoms with E-state index in [2.05, 4.69) is 0 Å². The number of halogens is 3. The van der Waals surface area contributed by atoms with E-state index in [0.717, 1.165) is 24.8 Å². The zero-order chi connectivity index (χ0) is 13.0. The van der Waals surface area contributed by atoms with Gasteiger partial charge in [-0.05, 0) is 36.8 Å². The highest BCUT2D eigenvalue weighted by Gasteiger charge is 2.17. The fraction of sp³-hybridized carbons (Fsp3) is 0.600. The SMILES string of the molecule is Fc1ccc(CC(Cl)CCC2CCCC2)c(F)c1. The second-order valence-corrected chi connectivity index (χ2v) is 5.88. The molecule has 1 saturated carbocycles. The maximum absolute atomic E-state index is 13.5. The van der Waals surface area contributed by atoms with Gasteiger partial charge in [0.1, 0.15) is 11.6 Å². The lowest BCUT2D eigenvalue weighted by molar-refractivity contribution is 0.473. The summed E-state index contributed by atoms with van der Waals surface area (Å²) in [4.78, 5) is 0. The van der Waals surface area contributed by atoms with Crippen LogP contribution >= 0.6 is 11.6 Å². The predicted octanol–water partition coefficient (Wildman–Crippen LogP) is 5.09. The van der Waals surface area contributed by atoms with Gasteiger partial charge in [0.05, 0.1) is 0 Å². The van der Waals surface area contributed by atoms with E-state index < -0.39 is 11.6 Å². The van der Waals surface area contributed by atoms with Gasteiger partial charge in [-0.1, -0.05) is 31.7 Å². The largest absolute Gasteiger partial charge is 0.207 e. The van der Waals surface area contributed by atoms with Crippen LogP contribution in [0.2, 0.25) is 0 Å². The molecule has 0 radical (unpaired) electrons. The molecule has 0 amide bonds. The summed E-state index contributed by atoms with van der Waals surface area (Å²) in [5, 5.41) is -0.0504. The molecule has 0 aliphatic heterocycles. The summed E-state index contributed by atoms with van der Waals surface area (Å²) in [5.74, 6) is -0.209. The molecule has 0 nitrogen and oxygen atoms in total. The highest BCUT2D eigenvalue weighted by molar-refractivity contribution is 6.20. The lowest BCUT2D eigenvalue weighted by Crippen LogP contribution is -2.07. The molecule has 1 unspecified atom stereocenters. The summed E-state index contributed by atoms with van der Waals surface area (Å²) in [6.07, 6.45) is 7.85. The average molecular weight is 273 g/mol. The second kappa shape index (κ2) is 6.51. The summed E-state index contributed by atoms with van der Waals surface area (Å²) in [6, 6.07) is 3.71. The van der Waals surface area contributed by atoms with Crippen LogP contribution in [0.4, 0.5) is 8.78 Å². The summed E-state index contributed by atoms with van der Waals surface area (Å²) < 4.78 is 26.2. The van der Waals surface area contributed by atoms with Crippen molar-refractivity contribution >= 4 is 11.6 Å². The number of hydrogen-bond donors (Lipinski definition) is 0. The number of hydrogen-bond acceptors (Lipinski definition) is 0. The first-order valence-electron chi connectivity index (χ1n) is 6.73. The highest BCUT2D eigenvalue weighted by atomic mass is 35.5. The molecule has 0 bridgehead atoms. The van der Waals surface area contributed by atoms with Crippen LogP contribution in [0.15, 0.2) is 18.2 Å². The van der Waals surface area contributed by atoms with Crippen molar-refractivity contribution in [3.63, 3.8) is 0 Å². The fourth-order valence-electron chi connectivity index (χ4n) is 2.74. The van der Waals surface area contributed by atoms with Crippen LogP contribution in [0, 0.1) is 17.6 Å². The number of alkyl halides is 1. The van der Waals surface area contributed by atoms with Crippen molar-refractivity contribution in [2.75, 3.05) is 0 Å². The summed E-state index contributed by atoms with van der Waals surface area (Å²) >= 11 is 6.25. The third-order valence-electron chi connectivity index (χ3n) is 3.82. The van der Waals surface area contributed by atoms with Crippen LogP contribution in [-0.4, -0.2) is 5.38 Å². The van der Waals surface area contributed by atoms with Crippen molar-refractivity contribution in [3.8, 4) is 0 Å². The molecule has 2 rings (SSSR count). The molecule has 0 N–H and O–H groups in total. The highest BCUT2D eigenvalue weighted by Crippen LogP contribution is 2.30. The molecule has 1 fully saturated rings. The normalized spacial score (nSPS) is 18.2. The molecule has 100 valence electrons. The summed E-state index contributed by atoms with van der Waals surface area (Å²) in [7, 11) is 0. The quantitative estimate of drug-likeness (QED) is 0.655. The van der Waals surface area contributed by atoms with Crippen molar-refractivity contribution in [1.29, 1.82) is 0 Å². The lowest BCUT2D eigenvalue weighted by atomic mass is 9.98. The van der Waals surface area contributed by atoms with E-state index in [1.165, 1.54) is 37.8 Å². The fourth-order valence-corrected chi connectivity index (χ4v) is 3.04. The van der Waals surface area contributed by atoms with Crippen molar-refractivity contribution in [3.05, 3.63) is 35.4 Å². The molecule has 18 heavy (non-hydrogen) atoms. The number of rotatable bonds is 5. The van der Waals surface area contributed by atoms with Gasteiger partial charge >= 0.3 is 0 Å². The Labute approximate surface area is 112 Å². The van der Waals surface area contributed by atoms with E-state index in [4.69, 9.17) is 11.6 Å². The van der Waals surface area contributed by atoms with Crippen molar-refractivity contribution < 1.29 is 8.78 Å². The average Bonchev–Trinajstić information content (AvgIpc) is 2.83. The van der Waals surface area contributed by atoms with Gasteiger partial charge < -0.3 is 0 Å². The van der Waals surface area contributed by atoms with Crippen molar-refractivity contribution in [2.24, 2.45) is 5.92 Å². The van der Waals surface area contributed by atoms with Gasteiger partial charge in [0.15, 0.2) is 0 Å². The van der Waals surface area contributed by atoms with E-state index in [-0.39, 0.29) is 5.38 Å². The maximum atomic E-state index is 13.5. The van der Waals surface area contributed by atoms with Gasteiger partial charge in [0.25, 0.3) is 0 Å². The first kappa shape index (κ1) is 13.8. The minimum atomic E-state index is -0.534. The van der Waals surface area contributed by atoms with E-state index in [1.54, 1.807) is 0 Å². The Morgan fingerprint density at radius 3 is 2.61 bits per heavy atom. The monoisotopic (exact) mass is 272 g/mol. The zero-order valence-electron chi connectivity index (χ0n) is 10.5. The standard InChI is InChI=1S/C15H19ClF2/c16-13(7-5-11-3-1-2-4-11)9-12-6-8-14(17)10-15(12)18/h6,8,10-11,13H,1-5,7,9H2. The molecular formula is C15H19ClF2. The Bertz CT molecular complexity index is 386. The predicted molar refractivity (Wildman–Crippen MR) is 70.9 cm³/mol. The summed E-state index contributed by atoms with van der Waals surface area (Å²) in [6.45, 7) is 0. The first-order chi connectivity index (χ1) is 8.65. The molecule has 0 spiro atoms. The molecule has 0 aromatic heterocycles. The van der Waals surface area contributed by atoms with Crippen LogP contribution < -0.4 is 0 Å².